The molecule has 0 aliphatic rings. The number of hydrogen-bond donors (Lipinski definition) is 6. The van der Waals surface area contributed by atoms with Crippen molar-refractivity contribution >= 4 is 17.9 Å². The maximum Gasteiger partial charge on any atom is 0.327 e. The first-order valence-corrected chi connectivity index (χ1v) is 8.68. The van der Waals surface area contributed by atoms with E-state index in [1.165, 1.54) is 0 Å². The van der Waals surface area contributed by atoms with Crippen LogP contribution in [-0.2, 0) is 23.9 Å². The first-order chi connectivity index (χ1) is 14.1. The highest BCUT2D eigenvalue weighted by molar-refractivity contribution is 5.79. The molecular formula is C19H36O11. The molecule has 6 N–H and O–H groups in total. The maximum atomic E-state index is 9.25. The summed E-state index contributed by atoms with van der Waals surface area (Å²) in [5.41, 5.74) is 0. The van der Waals surface area contributed by atoms with E-state index >= 15 is 0 Å². The van der Waals surface area contributed by atoms with E-state index in [0.717, 1.165) is 31.1 Å². The second kappa shape index (κ2) is 40.9. The lowest BCUT2D eigenvalue weighted by Crippen LogP contribution is -2.09. The fourth-order valence-corrected chi connectivity index (χ4v) is 0.609. The number of unbranched alkanes of at least 4 members (excludes halogenated alkanes) is 1. The van der Waals surface area contributed by atoms with Crippen LogP contribution in [0.5, 0.6) is 0 Å². The van der Waals surface area contributed by atoms with Gasteiger partial charge in [-0.25, -0.2) is 14.4 Å². The Bertz CT molecular complexity index is 356. The molecule has 0 spiro atoms. The lowest BCUT2D eigenvalue weighted by molar-refractivity contribution is -0.132. The van der Waals surface area contributed by atoms with Crippen molar-refractivity contribution in [1.29, 1.82) is 0 Å². The summed E-state index contributed by atoms with van der Waals surface area (Å²) in [6.45, 7) is 13.0. The average molecular weight is 440 g/mol. The molecule has 0 aliphatic heterocycles. The molecule has 0 radical (unpaired) electrons. The first-order valence-electron chi connectivity index (χ1n) is 8.68. The molecule has 0 aromatic rings. The Kier molecular flexibility index (Phi) is 52.0. The second-order valence-corrected chi connectivity index (χ2v) is 4.38. The van der Waals surface area contributed by atoms with Crippen LogP contribution in [0.3, 0.4) is 0 Å². The van der Waals surface area contributed by atoms with Gasteiger partial charge < -0.3 is 40.1 Å². The zero-order chi connectivity index (χ0) is 24.6. The number of aliphatic carboxylic acids is 3. The van der Waals surface area contributed by atoms with Gasteiger partial charge >= 0.3 is 17.9 Å². The van der Waals surface area contributed by atoms with Crippen molar-refractivity contribution in [3.63, 3.8) is 0 Å². The highest BCUT2D eigenvalue weighted by atomic mass is 16.5. The lowest BCUT2D eigenvalue weighted by Gasteiger charge is -2.01. The lowest BCUT2D eigenvalue weighted by atomic mass is 10.4. The first kappa shape index (κ1) is 38.1. The van der Waals surface area contributed by atoms with E-state index in [-0.39, 0.29) is 13.2 Å². The van der Waals surface area contributed by atoms with Gasteiger partial charge in [-0.2, -0.15) is 0 Å². The summed E-state index contributed by atoms with van der Waals surface area (Å²) < 4.78 is 9.75. The molecule has 30 heavy (non-hydrogen) atoms. The number of carboxylic acids is 3. The molecule has 11 heteroatoms. The number of aliphatic hydroxyl groups excluding tert-OH is 3. The second-order valence-electron chi connectivity index (χ2n) is 4.38. The van der Waals surface area contributed by atoms with Crippen LogP contribution in [0, 0.1) is 0 Å². The van der Waals surface area contributed by atoms with Gasteiger partial charge in [0.2, 0.25) is 0 Å². The van der Waals surface area contributed by atoms with E-state index in [9.17, 15) is 14.4 Å². The van der Waals surface area contributed by atoms with Crippen LogP contribution in [0.25, 0.3) is 0 Å². The van der Waals surface area contributed by atoms with Gasteiger partial charge in [0.1, 0.15) is 0 Å². The molecule has 0 bridgehead atoms. The minimum atomic E-state index is -0.981. The summed E-state index contributed by atoms with van der Waals surface area (Å²) >= 11 is 0. The maximum absolute atomic E-state index is 9.25. The van der Waals surface area contributed by atoms with Crippen molar-refractivity contribution in [2.75, 3.05) is 46.2 Å². The smallest absolute Gasteiger partial charge is 0.327 e. The van der Waals surface area contributed by atoms with Gasteiger partial charge in [0, 0.05) is 24.8 Å². The number of hydrogen-bond acceptors (Lipinski definition) is 8. The molecule has 11 nitrogen and oxygen atoms in total. The van der Waals surface area contributed by atoms with Crippen LogP contribution in [0.4, 0.5) is 0 Å². The standard InChI is InChI=1S/C6H14O4.C4H10O.3C3H4O2/c7-1-3-9-5-6-10-4-2-8;1-2-3-4-5;3*1-2-3(4)5/h7-8H,1-6H2;5H,2-4H2,1H3;3*2H,1H2,(H,4,5). The van der Waals surface area contributed by atoms with E-state index in [2.05, 4.69) is 26.7 Å². The Morgan fingerprint density at radius 3 is 1.03 bits per heavy atom. The quantitative estimate of drug-likeness (QED) is 0.183. The molecular weight excluding hydrogens is 404 g/mol. The van der Waals surface area contributed by atoms with Gasteiger partial charge in [0.05, 0.1) is 39.6 Å². The Balaban J connectivity index is -0.0000000908. The average Bonchev–Trinajstić information content (AvgIpc) is 2.73. The molecule has 0 aliphatic carbocycles. The van der Waals surface area contributed by atoms with Gasteiger partial charge in [-0.15, -0.1) is 0 Å². The number of carbonyl (C=O) groups is 3. The predicted octanol–water partition coefficient (Wildman–Crippen LogP) is 0.554. The summed E-state index contributed by atoms with van der Waals surface area (Å²) in [4.78, 5) is 27.8. The van der Waals surface area contributed by atoms with Crippen molar-refractivity contribution in [1.82, 2.24) is 0 Å². The van der Waals surface area contributed by atoms with Crippen molar-refractivity contribution in [2.45, 2.75) is 19.8 Å². The highest BCUT2D eigenvalue weighted by Gasteiger charge is 1.86. The number of rotatable bonds is 12. The van der Waals surface area contributed by atoms with Crippen molar-refractivity contribution in [3.8, 4) is 0 Å². The third kappa shape index (κ3) is 98.2. The molecule has 0 saturated heterocycles. The fraction of sp³-hybridized carbons (Fsp3) is 0.526. The minimum Gasteiger partial charge on any atom is -0.478 e. The third-order valence-electron chi connectivity index (χ3n) is 1.88. The number of aliphatic hydroxyl groups is 3. The topological polar surface area (TPSA) is 191 Å². The zero-order valence-corrected chi connectivity index (χ0v) is 17.4. The highest BCUT2D eigenvalue weighted by Crippen LogP contribution is 1.79. The predicted molar refractivity (Wildman–Crippen MR) is 111 cm³/mol. The number of carboxylic acid groups (broad SMARTS) is 3. The Hall–Kier alpha value is -2.57. The normalized spacial score (nSPS) is 8.00. The van der Waals surface area contributed by atoms with E-state index in [1.54, 1.807) is 0 Å². The summed E-state index contributed by atoms with van der Waals surface area (Å²) in [7, 11) is 0. The van der Waals surface area contributed by atoms with Gasteiger partial charge in [-0.05, 0) is 6.42 Å². The van der Waals surface area contributed by atoms with E-state index in [4.69, 9.17) is 40.1 Å². The summed E-state index contributed by atoms with van der Waals surface area (Å²) in [6, 6.07) is 0. The molecule has 0 aromatic carbocycles. The van der Waals surface area contributed by atoms with Crippen molar-refractivity contribution < 1.29 is 54.5 Å². The molecule has 0 rings (SSSR count). The van der Waals surface area contributed by atoms with E-state index < -0.39 is 17.9 Å². The molecule has 0 unspecified atom stereocenters. The summed E-state index contributed by atoms with van der Waals surface area (Å²) in [5.74, 6) is -2.94. The summed E-state index contributed by atoms with van der Waals surface area (Å²) in [5, 5.41) is 47.4. The van der Waals surface area contributed by atoms with Crippen LogP contribution < -0.4 is 0 Å². The zero-order valence-electron chi connectivity index (χ0n) is 17.4. The molecule has 0 amide bonds. The van der Waals surface area contributed by atoms with Crippen molar-refractivity contribution in [3.05, 3.63) is 38.0 Å². The van der Waals surface area contributed by atoms with Crippen LogP contribution in [0.15, 0.2) is 38.0 Å². The van der Waals surface area contributed by atoms with Gasteiger partial charge in [-0.3, -0.25) is 0 Å². The van der Waals surface area contributed by atoms with E-state index in [0.29, 0.717) is 33.0 Å². The fourth-order valence-electron chi connectivity index (χ4n) is 0.609. The van der Waals surface area contributed by atoms with Crippen LogP contribution in [0.1, 0.15) is 19.8 Å². The van der Waals surface area contributed by atoms with Crippen LogP contribution in [0.2, 0.25) is 0 Å². The number of ether oxygens (including phenoxy) is 2. The molecule has 0 heterocycles. The Morgan fingerprint density at radius 1 is 0.667 bits per heavy atom. The van der Waals surface area contributed by atoms with Gasteiger partial charge in [0.25, 0.3) is 0 Å². The summed E-state index contributed by atoms with van der Waals surface area (Å²) in [6.07, 6.45) is 4.54. The minimum absolute atomic E-state index is 0.0417. The van der Waals surface area contributed by atoms with Crippen LogP contribution >= 0.6 is 0 Å². The molecule has 0 aromatic heterocycles. The Labute approximate surface area is 177 Å². The SMILES string of the molecule is C=CC(=O)O.C=CC(=O)O.C=CC(=O)O.CCCCO.OCCOCCOCCO. The molecule has 0 saturated carbocycles. The molecule has 0 fully saturated rings. The third-order valence-corrected chi connectivity index (χ3v) is 1.88. The molecule has 178 valence electrons. The Morgan fingerprint density at radius 2 is 0.933 bits per heavy atom. The van der Waals surface area contributed by atoms with Crippen LogP contribution in [-0.4, -0.2) is 94.8 Å². The van der Waals surface area contributed by atoms with Gasteiger partial charge in [0.15, 0.2) is 0 Å². The molecule has 0 atom stereocenters. The van der Waals surface area contributed by atoms with Crippen molar-refractivity contribution in [2.24, 2.45) is 0 Å². The largest absolute Gasteiger partial charge is 0.478 e. The monoisotopic (exact) mass is 440 g/mol. The van der Waals surface area contributed by atoms with Gasteiger partial charge in [-0.1, -0.05) is 33.1 Å². The van der Waals surface area contributed by atoms with E-state index in [1.807, 2.05) is 0 Å².